The first-order valence-electron chi connectivity index (χ1n) is 8.73. The van der Waals surface area contributed by atoms with Crippen LogP contribution in [0.1, 0.15) is 40.5 Å². The summed E-state index contributed by atoms with van der Waals surface area (Å²) >= 11 is 0. The average molecular weight is 385 g/mol. The molecule has 2 aromatic rings. The van der Waals surface area contributed by atoms with Crippen LogP contribution in [0.15, 0.2) is 53.4 Å². The van der Waals surface area contributed by atoms with Gasteiger partial charge in [0.05, 0.1) is 23.4 Å². The van der Waals surface area contributed by atoms with Gasteiger partial charge in [0.2, 0.25) is 10.0 Å². The number of carbonyl (C=O) groups excluding carboxylic acids is 2. The number of ketones is 2. The van der Waals surface area contributed by atoms with E-state index in [1.54, 1.807) is 24.3 Å². The lowest BCUT2D eigenvalue weighted by atomic mass is 9.89. The molecule has 4 rings (SSSR count). The summed E-state index contributed by atoms with van der Waals surface area (Å²) in [6.45, 7) is 1.85. The molecule has 0 bridgehead atoms. The van der Waals surface area contributed by atoms with Crippen molar-refractivity contribution in [3.8, 4) is 5.75 Å². The van der Waals surface area contributed by atoms with Crippen LogP contribution < -0.4 is 4.74 Å². The Balaban J connectivity index is 1.59. The number of Topliss-reactive ketones (excluding diaryl/α,β-unsaturated/α-hetero) is 2. The number of hydrogen-bond donors (Lipinski definition) is 0. The van der Waals surface area contributed by atoms with Crippen LogP contribution in [0.5, 0.6) is 5.75 Å². The largest absolute Gasteiger partial charge is 0.485 e. The standard InChI is InChI=1S/C20H19NO5S/c1-14(22)15-6-8-16(9-7-15)27(24,25)21-11-10-20(13-21)12-18(23)17-4-2-3-5-19(17)26-20/h2-9H,10-13H2,1H3. The molecule has 0 amide bonds. The van der Waals surface area contributed by atoms with Crippen LogP contribution >= 0.6 is 0 Å². The highest BCUT2D eigenvalue weighted by atomic mass is 32.2. The summed E-state index contributed by atoms with van der Waals surface area (Å²) in [7, 11) is -3.72. The highest BCUT2D eigenvalue weighted by Gasteiger charge is 2.48. The molecule has 1 fully saturated rings. The molecule has 2 aromatic carbocycles. The van der Waals surface area contributed by atoms with Gasteiger partial charge in [0.1, 0.15) is 11.4 Å². The van der Waals surface area contributed by atoms with Gasteiger partial charge in [0, 0.05) is 18.5 Å². The number of ether oxygens (including phenoxy) is 1. The molecule has 0 aliphatic carbocycles. The average Bonchev–Trinajstić information content (AvgIpc) is 3.05. The van der Waals surface area contributed by atoms with E-state index in [1.165, 1.54) is 35.5 Å². The number of carbonyl (C=O) groups is 2. The second-order valence-corrected chi connectivity index (χ2v) is 8.99. The molecular formula is C20H19NO5S. The molecule has 1 spiro atoms. The van der Waals surface area contributed by atoms with Gasteiger partial charge in [-0.15, -0.1) is 0 Å². The summed E-state index contributed by atoms with van der Waals surface area (Å²) in [5, 5.41) is 0. The van der Waals surface area contributed by atoms with Gasteiger partial charge in [0.15, 0.2) is 11.6 Å². The van der Waals surface area contributed by atoms with E-state index < -0.39 is 15.6 Å². The van der Waals surface area contributed by atoms with Crippen LogP contribution in [-0.2, 0) is 10.0 Å². The van der Waals surface area contributed by atoms with Crippen LogP contribution in [0.2, 0.25) is 0 Å². The van der Waals surface area contributed by atoms with Gasteiger partial charge in [0.25, 0.3) is 0 Å². The summed E-state index contributed by atoms with van der Waals surface area (Å²) in [5.41, 5.74) is 0.187. The van der Waals surface area contributed by atoms with E-state index in [-0.39, 0.29) is 36.0 Å². The molecule has 2 aliphatic heterocycles. The van der Waals surface area contributed by atoms with Crippen molar-refractivity contribution in [1.29, 1.82) is 0 Å². The maximum Gasteiger partial charge on any atom is 0.243 e. The lowest BCUT2D eigenvalue weighted by Crippen LogP contribution is -2.45. The van der Waals surface area contributed by atoms with Gasteiger partial charge in [-0.25, -0.2) is 8.42 Å². The summed E-state index contributed by atoms with van der Waals surface area (Å²) in [4.78, 5) is 24.0. The monoisotopic (exact) mass is 385 g/mol. The Kier molecular flexibility index (Phi) is 4.16. The van der Waals surface area contributed by atoms with Crippen molar-refractivity contribution >= 4 is 21.6 Å². The smallest absolute Gasteiger partial charge is 0.243 e. The predicted octanol–water partition coefficient (Wildman–Crippen LogP) is 2.69. The van der Waals surface area contributed by atoms with Crippen molar-refractivity contribution in [1.82, 2.24) is 4.31 Å². The molecule has 2 heterocycles. The zero-order valence-corrected chi connectivity index (χ0v) is 15.7. The molecule has 1 atom stereocenters. The maximum atomic E-state index is 13.0. The number of benzene rings is 2. The van der Waals surface area contributed by atoms with E-state index in [4.69, 9.17) is 4.74 Å². The van der Waals surface area contributed by atoms with Gasteiger partial charge in [-0.2, -0.15) is 4.31 Å². The quantitative estimate of drug-likeness (QED) is 0.759. The first kappa shape index (κ1) is 17.9. The topological polar surface area (TPSA) is 80.8 Å². The van der Waals surface area contributed by atoms with Gasteiger partial charge in [-0.1, -0.05) is 24.3 Å². The molecule has 27 heavy (non-hydrogen) atoms. The van der Waals surface area contributed by atoms with Gasteiger partial charge in [-0.3, -0.25) is 9.59 Å². The molecule has 0 saturated carbocycles. The van der Waals surface area contributed by atoms with E-state index in [0.717, 1.165) is 0 Å². The normalized spacial score (nSPS) is 22.5. The summed E-state index contributed by atoms with van der Waals surface area (Å²) in [6, 6.07) is 13.0. The van der Waals surface area contributed by atoms with Crippen molar-refractivity contribution in [2.75, 3.05) is 13.1 Å². The molecule has 2 aliphatic rings. The van der Waals surface area contributed by atoms with Crippen LogP contribution in [0.25, 0.3) is 0 Å². The lowest BCUT2D eigenvalue weighted by Gasteiger charge is -2.34. The van der Waals surface area contributed by atoms with E-state index in [2.05, 4.69) is 0 Å². The van der Waals surface area contributed by atoms with Gasteiger partial charge in [-0.05, 0) is 31.2 Å². The highest BCUT2D eigenvalue weighted by molar-refractivity contribution is 7.89. The summed E-state index contributed by atoms with van der Waals surface area (Å²) in [6.07, 6.45) is 0.622. The second kappa shape index (κ2) is 6.28. The molecule has 0 N–H and O–H groups in total. The molecule has 7 heteroatoms. The molecule has 1 saturated heterocycles. The zero-order chi connectivity index (χ0) is 19.2. The van der Waals surface area contributed by atoms with Crippen molar-refractivity contribution < 1.29 is 22.7 Å². The van der Waals surface area contributed by atoms with E-state index >= 15 is 0 Å². The highest BCUT2D eigenvalue weighted by Crippen LogP contribution is 2.40. The van der Waals surface area contributed by atoms with Crippen molar-refractivity contribution in [3.05, 3.63) is 59.7 Å². The zero-order valence-electron chi connectivity index (χ0n) is 14.8. The summed E-state index contributed by atoms with van der Waals surface area (Å²) < 4.78 is 33.4. The third-order valence-corrected chi connectivity index (χ3v) is 7.04. The predicted molar refractivity (Wildman–Crippen MR) is 98.6 cm³/mol. The molecular weight excluding hydrogens is 366 g/mol. The number of para-hydroxylation sites is 1. The SMILES string of the molecule is CC(=O)c1ccc(S(=O)(=O)N2CCC3(CC(=O)c4ccccc4O3)C2)cc1. The third-order valence-electron chi connectivity index (χ3n) is 5.18. The van der Waals surface area contributed by atoms with E-state index in [9.17, 15) is 18.0 Å². The van der Waals surface area contributed by atoms with Crippen molar-refractivity contribution in [2.24, 2.45) is 0 Å². The first-order chi connectivity index (χ1) is 12.8. The van der Waals surface area contributed by atoms with Crippen LogP contribution in [0.3, 0.4) is 0 Å². The van der Waals surface area contributed by atoms with E-state index in [0.29, 0.717) is 23.3 Å². The van der Waals surface area contributed by atoms with Gasteiger partial charge < -0.3 is 4.74 Å². The first-order valence-corrected chi connectivity index (χ1v) is 10.2. The Morgan fingerprint density at radius 2 is 1.81 bits per heavy atom. The molecule has 6 nitrogen and oxygen atoms in total. The molecule has 0 radical (unpaired) electrons. The van der Waals surface area contributed by atoms with Crippen LogP contribution in [0.4, 0.5) is 0 Å². The Hall–Kier alpha value is -2.51. The number of hydrogen-bond acceptors (Lipinski definition) is 5. The molecule has 140 valence electrons. The second-order valence-electron chi connectivity index (χ2n) is 7.05. The lowest BCUT2D eigenvalue weighted by molar-refractivity contribution is 0.0498. The minimum atomic E-state index is -3.72. The van der Waals surface area contributed by atoms with Crippen LogP contribution in [0, 0.1) is 0 Å². The van der Waals surface area contributed by atoms with Crippen molar-refractivity contribution in [3.63, 3.8) is 0 Å². The molecule has 0 aromatic heterocycles. The fourth-order valence-corrected chi connectivity index (χ4v) is 5.21. The van der Waals surface area contributed by atoms with Gasteiger partial charge >= 0.3 is 0 Å². The minimum absolute atomic E-state index is 0.0260. The Labute approximate surface area is 157 Å². The maximum absolute atomic E-state index is 13.0. The Bertz CT molecular complexity index is 1030. The fraction of sp³-hybridized carbons (Fsp3) is 0.300. The molecule has 1 unspecified atom stereocenters. The number of sulfonamides is 1. The minimum Gasteiger partial charge on any atom is -0.485 e. The fourth-order valence-electron chi connectivity index (χ4n) is 3.69. The van der Waals surface area contributed by atoms with Crippen LogP contribution in [-0.4, -0.2) is 43.0 Å². The number of rotatable bonds is 3. The number of fused-ring (bicyclic) bond motifs is 1. The third kappa shape index (κ3) is 3.07. The Morgan fingerprint density at radius 3 is 2.52 bits per heavy atom. The number of nitrogens with zero attached hydrogens (tertiary/aromatic N) is 1. The van der Waals surface area contributed by atoms with Crippen molar-refractivity contribution in [2.45, 2.75) is 30.3 Å². The summed E-state index contributed by atoms with van der Waals surface area (Å²) in [5.74, 6) is 0.368. The Morgan fingerprint density at radius 1 is 1.11 bits per heavy atom. The van der Waals surface area contributed by atoms with E-state index in [1.807, 2.05) is 0 Å².